The van der Waals surface area contributed by atoms with Crippen molar-refractivity contribution < 1.29 is 4.39 Å². The number of hydrogen-bond donors (Lipinski definition) is 1. The maximum atomic E-state index is 13.4. The van der Waals surface area contributed by atoms with Crippen LogP contribution < -0.4 is 11.2 Å². The highest BCUT2D eigenvalue weighted by atomic mass is 35.5. The number of pyridine rings is 1. The van der Waals surface area contributed by atoms with Crippen LogP contribution in [0.4, 0.5) is 4.39 Å². The van der Waals surface area contributed by atoms with Crippen molar-refractivity contribution in [3.05, 3.63) is 105 Å². The van der Waals surface area contributed by atoms with Crippen LogP contribution in [0.2, 0.25) is 5.02 Å². The third-order valence-corrected chi connectivity index (χ3v) is 5.34. The van der Waals surface area contributed by atoms with Crippen LogP contribution in [0.25, 0.3) is 38.5 Å². The van der Waals surface area contributed by atoms with Crippen molar-refractivity contribution >= 4 is 33.3 Å². The summed E-state index contributed by atoms with van der Waals surface area (Å²) in [5.74, 6) is -0.440. The third kappa shape index (κ3) is 2.89. The number of hydrogen-bond acceptors (Lipinski definition) is 3. The average Bonchev–Trinajstić information content (AvgIpc) is 2.73. The minimum Gasteiger partial charge on any atom is -0.306 e. The van der Waals surface area contributed by atoms with E-state index in [9.17, 15) is 14.0 Å². The maximum Gasteiger partial charge on any atom is 0.333 e. The van der Waals surface area contributed by atoms with Crippen LogP contribution in [0.1, 0.15) is 0 Å². The van der Waals surface area contributed by atoms with Crippen LogP contribution in [0.15, 0.2) is 82.6 Å². The van der Waals surface area contributed by atoms with Crippen molar-refractivity contribution in [2.45, 2.75) is 0 Å². The molecule has 0 spiro atoms. The average molecular weight is 418 g/mol. The molecule has 5 rings (SSSR count). The second-order valence-electron chi connectivity index (χ2n) is 6.84. The van der Waals surface area contributed by atoms with Gasteiger partial charge in [0, 0.05) is 22.5 Å². The quantitative estimate of drug-likeness (QED) is 0.453. The van der Waals surface area contributed by atoms with Crippen molar-refractivity contribution in [3.8, 4) is 16.8 Å². The highest BCUT2D eigenvalue weighted by molar-refractivity contribution is 6.33. The molecule has 2 aromatic heterocycles. The Morgan fingerprint density at radius 1 is 0.933 bits per heavy atom. The molecular weight excluding hydrogens is 405 g/mol. The highest BCUT2D eigenvalue weighted by Gasteiger charge is 2.14. The minimum atomic E-state index is -0.576. The molecule has 30 heavy (non-hydrogen) atoms. The van der Waals surface area contributed by atoms with Crippen LogP contribution in [0.5, 0.6) is 0 Å². The first-order valence-corrected chi connectivity index (χ1v) is 9.48. The number of nitrogens with one attached hydrogen (secondary N) is 1. The van der Waals surface area contributed by atoms with E-state index in [-0.39, 0.29) is 5.02 Å². The Labute approximate surface area is 174 Å². The van der Waals surface area contributed by atoms with Crippen LogP contribution >= 0.6 is 11.6 Å². The molecule has 0 radical (unpaired) electrons. The molecule has 146 valence electrons. The van der Waals surface area contributed by atoms with E-state index in [4.69, 9.17) is 11.6 Å². The van der Waals surface area contributed by atoms with E-state index in [0.717, 1.165) is 15.3 Å². The first-order chi connectivity index (χ1) is 14.5. The molecule has 5 nitrogen and oxygen atoms in total. The minimum absolute atomic E-state index is 0.242. The molecule has 0 saturated carbocycles. The van der Waals surface area contributed by atoms with Gasteiger partial charge in [0.05, 0.1) is 27.8 Å². The zero-order chi connectivity index (χ0) is 20.8. The molecule has 0 aliphatic rings. The lowest BCUT2D eigenvalue weighted by Crippen LogP contribution is -2.33. The van der Waals surface area contributed by atoms with Crippen LogP contribution in [-0.4, -0.2) is 14.5 Å². The van der Waals surface area contributed by atoms with Crippen LogP contribution in [0.3, 0.4) is 0 Å². The van der Waals surface area contributed by atoms with Crippen LogP contribution in [-0.2, 0) is 0 Å². The molecule has 5 aromatic rings. The summed E-state index contributed by atoms with van der Waals surface area (Å²) in [7, 11) is 0. The normalized spacial score (nSPS) is 11.3. The summed E-state index contributed by atoms with van der Waals surface area (Å²) >= 11 is 6.15. The van der Waals surface area contributed by atoms with E-state index >= 15 is 0 Å². The van der Waals surface area contributed by atoms with Gasteiger partial charge in [0.15, 0.2) is 0 Å². The van der Waals surface area contributed by atoms with Crippen molar-refractivity contribution in [1.29, 1.82) is 0 Å². The second kappa shape index (κ2) is 6.93. The largest absolute Gasteiger partial charge is 0.333 e. The molecule has 1 N–H and O–H groups in total. The van der Waals surface area contributed by atoms with Gasteiger partial charge in [-0.25, -0.2) is 13.8 Å². The monoisotopic (exact) mass is 417 g/mol. The smallest absolute Gasteiger partial charge is 0.306 e. The first-order valence-electron chi connectivity index (χ1n) is 9.10. The predicted octanol–water partition coefficient (Wildman–Crippen LogP) is 4.69. The zero-order valence-corrected chi connectivity index (χ0v) is 16.2. The predicted molar refractivity (Wildman–Crippen MR) is 116 cm³/mol. The molecule has 0 aliphatic heterocycles. The van der Waals surface area contributed by atoms with Gasteiger partial charge in [-0.2, -0.15) is 0 Å². The lowest BCUT2D eigenvalue weighted by Gasteiger charge is -2.10. The molecule has 7 heteroatoms. The Morgan fingerprint density at radius 3 is 2.60 bits per heavy atom. The number of rotatable bonds is 2. The molecule has 0 atom stereocenters. The fourth-order valence-corrected chi connectivity index (χ4v) is 3.88. The highest BCUT2D eigenvalue weighted by Crippen LogP contribution is 2.29. The van der Waals surface area contributed by atoms with Gasteiger partial charge in [-0.05, 0) is 35.9 Å². The number of nitrogens with zero attached hydrogens (tertiary/aromatic N) is 2. The van der Waals surface area contributed by atoms with E-state index in [1.165, 1.54) is 18.3 Å². The molecule has 0 aliphatic carbocycles. The summed E-state index contributed by atoms with van der Waals surface area (Å²) in [6.45, 7) is 0. The van der Waals surface area contributed by atoms with E-state index in [2.05, 4.69) is 9.97 Å². The Bertz CT molecular complexity index is 1570. The van der Waals surface area contributed by atoms with Gasteiger partial charge < -0.3 is 4.98 Å². The molecule has 0 fully saturated rings. The Morgan fingerprint density at radius 2 is 1.77 bits per heavy atom. The van der Waals surface area contributed by atoms with E-state index in [0.29, 0.717) is 27.7 Å². The second-order valence-corrected chi connectivity index (χ2v) is 7.24. The van der Waals surface area contributed by atoms with Crippen molar-refractivity contribution in [2.24, 2.45) is 0 Å². The summed E-state index contributed by atoms with van der Waals surface area (Å²) in [5.41, 5.74) is 1.01. The number of fused-ring (bicyclic) bond motifs is 2. The molecule has 0 amide bonds. The van der Waals surface area contributed by atoms with Gasteiger partial charge >= 0.3 is 5.69 Å². The summed E-state index contributed by atoms with van der Waals surface area (Å²) in [4.78, 5) is 33.0. The van der Waals surface area contributed by atoms with Crippen molar-refractivity contribution in [1.82, 2.24) is 14.5 Å². The zero-order valence-electron chi connectivity index (χ0n) is 15.4. The summed E-state index contributed by atoms with van der Waals surface area (Å²) in [5, 5.41) is 2.15. The fraction of sp³-hybridized carbons (Fsp3) is 0. The van der Waals surface area contributed by atoms with Crippen molar-refractivity contribution in [2.75, 3.05) is 0 Å². The van der Waals surface area contributed by atoms with E-state index in [1.807, 2.05) is 24.3 Å². The van der Waals surface area contributed by atoms with Crippen molar-refractivity contribution in [3.63, 3.8) is 0 Å². The Hall–Kier alpha value is -3.77. The third-order valence-electron chi connectivity index (χ3n) is 5.03. The Kier molecular flexibility index (Phi) is 4.22. The summed E-state index contributed by atoms with van der Waals surface area (Å²) < 4.78 is 14.4. The summed E-state index contributed by atoms with van der Waals surface area (Å²) in [6, 6.07) is 16.5. The standard InChI is InChI=1S/C23H13ClFN3O2/c24-19-10-15(25)6-8-16(19)13-5-7-18-20(9-13)27-23(30)28(22(18)29)21-12-26-11-14-3-1-2-4-17(14)21/h1-12H,(H,27,30). The topological polar surface area (TPSA) is 67.8 Å². The summed E-state index contributed by atoms with van der Waals surface area (Å²) in [6.07, 6.45) is 3.18. The van der Waals surface area contributed by atoms with E-state index in [1.54, 1.807) is 30.5 Å². The fourth-order valence-electron chi connectivity index (χ4n) is 3.61. The molecule has 0 bridgehead atoms. The maximum absolute atomic E-state index is 13.4. The van der Waals surface area contributed by atoms with E-state index < -0.39 is 17.1 Å². The van der Waals surface area contributed by atoms with Gasteiger partial charge in [-0.15, -0.1) is 0 Å². The molecular formula is C23H13ClFN3O2. The lowest BCUT2D eigenvalue weighted by atomic mass is 10.0. The molecule has 2 heterocycles. The molecule has 3 aromatic carbocycles. The van der Waals surface area contributed by atoms with Gasteiger partial charge in [-0.1, -0.05) is 41.9 Å². The number of halogens is 2. The number of aromatic nitrogens is 3. The van der Waals surface area contributed by atoms with Gasteiger partial charge in [0.2, 0.25) is 0 Å². The SMILES string of the molecule is O=c1[nH]c2cc(-c3ccc(F)cc3Cl)ccc2c(=O)n1-c1cncc2ccccc12. The molecule has 0 unspecified atom stereocenters. The van der Waals surface area contributed by atoms with Crippen LogP contribution in [0, 0.1) is 5.82 Å². The lowest BCUT2D eigenvalue weighted by molar-refractivity contribution is 0.628. The van der Waals surface area contributed by atoms with Gasteiger partial charge in [0.25, 0.3) is 5.56 Å². The Balaban J connectivity index is 1.75. The molecule has 0 saturated heterocycles. The first kappa shape index (κ1) is 18.3. The number of aromatic amines is 1. The number of benzene rings is 3. The van der Waals surface area contributed by atoms with Gasteiger partial charge in [0.1, 0.15) is 5.82 Å². The van der Waals surface area contributed by atoms with Gasteiger partial charge in [-0.3, -0.25) is 9.78 Å². The number of H-pyrrole nitrogens is 1.